The van der Waals surface area contributed by atoms with Crippen molar-refractivity contribution in [3.05, 3.63) is 64.3 Å². The number of aromatic nitrogens is 4. The Hall–Kier alpha value is -3.11. The number of amides is 1. The molecule has 1 spiro atoms. The van der Waals surface area contributed by atoms with E-state index in [2.05, 4.69) is 24.6 Å². The topological polar surface area (TPSA) is 70.4 Å². The minimum absolute atomic E-state index is 0.0225. The van der Waals surface area contributed by atoms with Crippen molar-refractivity contribution in [3.63, 3.8) is 0 Å². The molecule has 1 saturated carbocycles. The molecule has 1 aliphatic carbocycles. The van der Waals surface area contributed by atoms with Gasteiger partial charge >= 0.3 is 0 Å². The summed E-state index contributed by atoms with van der Waals surface area (Å²) in [6.45, 7) is 2.73. The predicted octanol–water partition coefficient (Wildman–Crippen LogP) is 3.38. The minimum Gasteiger partial charge on any atom is -0.353 e. The van der Waals surface area contributed by atoms with Crippen LogP contribution in [0.1, 0.15) is 36.0 Å². The Labute approximate surface area is 212 Å². The molecule has 0 atom stereocenters. The van der Waals surface area contributed by atoms with Gasteiger partial charge in [0.2, 0.25) is 5.91 Å². The van der Waals surface area contributed by atoms with Crippen molar-refractivity contribution in [1.29, 1.82) is 0 Å². The van der Waals surface area contributed by atoms with Crippen molar-refractivity contribution in [2.75, 3.05) is 38.6 Å². The summed E-state index contributed by atoms with van der Waals surface area (Å²) in [5, 5.41) is 9.76. The van der Waals surface area contributed by atoms with Gasteiger partial charge in [-0.15, -0.1) is 10.2 Å². The second-order valence-corrected chi connectivity index (χ2v) is 10.9. The first-order chi connectivity index (χ1) is 17.2. The molecule has 2 aliphatic heterocycles. The maximum atomic E-state index is 14.1. The van der Waals surface area contributed by atoms with Crippen molar-refractivity contribution >= 4 is 23.3 Å². The fourth-order valence-corrected chi connectivity index (χ4v) is 5.97. The zero-order chi connectivity index (χ0) is 25.2. The van der Waals surface area contributed by atoms with Crippen LogP contribution in [-0.4, -0.2) is 69.2 Å². The minimum atomic E-state index is -0.672. The first-order valence-electron chi connectivity index (χ1n) is 11.9. The Kier molecular flexibility index (Phi) is 5.49. The second-order valence-electron chi connectivity index (χ2n) is 10.4. The molecule has 3 aliphatic rings. The molecule has 0 radical (unpaired) electrons. The van der Waals surface area contributed by atoms with Crippen LogP contribution in [-0.2, 0) is 17.9 Å². The van der Waals surface area contributed by atoms with Crippen LogP contribution in [0, 0.1) is 17.0 Å². The van der Waals surface area contributed by atoms with E-state index < -0.39 is 11.6 Å². The van der Waals surface area contributed by atoms with Gasteiger partial charge in [0.1, 0.15) is 11.6 Å². The molecule has 2 fully saturated rings. The number of pyridine rings is 1. The van der Waals surface area contributed by atoms with Crippen LogP contribution in [0.25, 0.3) is 5.69 Å². The largest absolute Gasteiger partial charge is 0.353 e. The molecular weight excluding hydrogens is 488 g/mol. The number of benzene rings is 1. The van der Waals surface area contributed by atoms with E-state index >= 15 is 0 Å². The number of rotatable bonds is 4. The quantitative estimate of drug-likeness (QED) is 0.533. The van der Waals surface area contributed by atoms with Gasteiger partial charge in [-0.3, -0.25) is 14.3 Å². The molecule has 0 N–H and O–H groups in total. The van der Waals surface area contributed by atoms with E-state index in [1.54, 1.807) is 19.0 Å². The van der Waals surface area contributed by atoms with Crippen LogP contribution in [0.3, 0.4) is 0 Å². The van der Waals surface area contributed by atoms with Crippen molar-refractivity contribution < 1.29 is 13.6 Å². The van der Waals surface area contributed by atoms with Crippen molar-refractivity contribution in [1.82, 2.24) is 29.5 Å². The maximum absolute atomic E-state index is 14.1. The Morgan fingerprint density at radius 2 is 1.94 bits per heavy atom. The molecule has 1 saturated heterocycles. The zero-order valence-electron chi connectivity index (χ0n) is 20.1. The number of hydrogen-bond acceptors (Lipinski definition) is 6. The van der Waals surface area contributed by atoms with Crippen LogP contribution < -0.4 is 4.90 Å². The summed E-state index contributed by atoms with van der Waals surface area (Å²) in [4.78, 5) is 21.9. The van der Waals surface area contributed by atoms with Gasteiger partial charge in [-0.1, -0.05) is 11.6 Å². The van der Waals surface area contributed by atoms with E-state index in [0.717, 1.165) is 48.0 Å². The number of carbonyl (C=O) groups is 1. The number of halogens is 3. The first kappa shape index (κ1) is 23.3. The summed E-state index contributed by atoms with van der Waals surface area (Å²) in [5.41, 5.74) is 2.09. The van der Waals surface area contributed by atoms with Crippen LogP contribution in [0.5, 0.6) is 0 Å². The third-order valence-electron chi connectivity index (χ3n) is 7.52. The molecule has 6 rings (SSSR count). The lowest BCUT2D eigenvalue weighted by Crippen LogP contribution is -2.62. The van der Waals surface area contributed by atoms with E-state index in [9.17, 15) is 13.6 Å². The lowest BCUT2D eigenvalue weighted by Gasteiger charge is -2.59. The Bertz CT molecular complexity index is 1350. The van der Waals surface area contributed by atoms with Crippen molar-refractivity contribution in [2.24, 2.45) is 5.41 Å². The van der Waals surface area contributed by atoms with Gasteiger partial charge in [0.05, 0.1) is 25.0 Å². The summed E-state index contributed by atoms with van der Waals surface area (Å²) in [6.07, 6.45) is 2.88. The average Bonchev–Trinajstić information content (AvgIpc) is 3.09. The molecule has 0 unspecified atom stereocenters. The zero-order valence-corrected chi connectivity index (χ0v) is 20.8. The highest BCUT2D eigenvalue weighted by Gasteiger charge is 2.55. The lowest BCUT2D eigenvalue weighted by atomic mass is 9.57. The van der Waals surface area contributed by atoms with Crippen LogP contribution in [0.2, 0.25) is 5.02 Å². The Morgan fingerprint density at radius 3 is 2.67 bits per heavy atom. The molecule has 1 aromatic carbocycles. The Morgan fingerprint density at radius 1 is 1.17 bits per heavy atom. The molecule has 0 bridgehead atoms. The summed E-state index contributed by atoms with van der Waals surface area (Å²) in [7, 11) is 3.50. The van der Waals surface area contributed by atoms with Gasteiger partial charge in [-0.2, -0.15) is 0 Å². The first-order valence-corrected chi connectivity index (χ1v) is 12.3. The van der Waals surface area contributed by atoms with Crippen molar-refractivity contribution in [3.8, 4) is 5.69 Å². The molecular formula is C25H26ClF2N7O. The number of hydrogen-bond donors (Lipinski definition) is 0. The highest BCUT2D eigenvalue weighted by atomic mass is 35.5. The fourth-order valence-electron chi connectivity index (χ4n) is 5.78. The van der Waals surface area contributed by atoms with Gasteiger partial charge in [0.25, 0.3) is 0 Å². The van der Waals surface area contributed by atoms with Crippen molar-refractivity contribution in [2.45, 2.75) is 31.8 Å². The summed E-state index contributed by atoms with van der Waals surface area (Å²) in [5.74, 6) is 0.855. The molecule has 8 nitrogen and oxygen atoms in total. The number of nitrogens with zero attached hydrogens (tertiary/aromatic N) is 7. The van der Waals surface area contributed by atoms with E-state index in [1.807, 2.05) is 23.1 Å². The SMILES string of the molecule is CN(C)C(=O)CN1Cc2cc(Cl)ccc2-n2c(nnc2C2CC3(C2)CN(c2ncc(F)cc2F)C3)C1. The number of fused-ring (bicyclic) bond motifs is 3. The van der Waals surface area contributed by atoms with Gasteiger partial charge < -0.3 is 9.80 Å². The van der Waals surface area contributed by atoms with Crippen LogP contribution >= 0.6 is 11.6 Å². The number of likely N-dealkylation sites (N-methyl/N-ethyl adjacent to an activating group) is 1. The lowest BCUT2D eigenvalue weighted by molar-refractivity contribution is -0.130. The summed E-state index contributed by atoms with van der Waals surface area (Å²) < 4.78 is 29.5. The molecule has 11 heteroatoms. The molecule has 1 amide bonds. The molecule has 4 heterocycles. The average molecular weight is 514 g/mol. The molecule has 3 aromatic rings. The third kappa shape index (κ3) is 3.92. The highest BCUT2D eigenvalue weighted by Crippen LogP contribution is 2.56. The smallest absolute Gasteiger partial charge is 0.236 e. The van der Waals surface area contributed by atoms with Crippen LogP contribution in [0.4, 0.5) is 14.6 Å². The van der Waals surface area contributed by atoms with Crippen LogP contribution in [0.15, 0.2) is 30.5 Å². The summed E-state index contributed by atoms with van der Waals surface area (Å²) >= 11 is 6.33. The third-order valence-corrected chi connectivity index (χ3v) is 7.75. The summed E-state index contributed by atoms with van der Waals surface area (Å²) in [6, 6.07) is 6.68. The Balaban J connectivity index is 1.23. The van der Waals surface area contributed by atoms with Gasteiger partial charge in [0, 0.05) is 56.2 Å². The van der Waals surface area contributed by atoms with E-state index in [1.165, 1.54) is 0 Å². The van der Waals surface area contributed by atoms with Gasteiger partial charge in [-0.25, -0.2) is 13.8 Å². The predicted molar refractivity (Wildman–Crippen MR) is 130 cm³/mol. The standard InChI is InChI=1S/C25H26ClF2N7O/c1-32(2)22(36)12-33-10-15-5-17(26)3-4-20(15)35-21(11-33)30-31-23(35)16-7-25(8-16)13-34(14-25)24-19(28)6-18(27)9-29-24/h3-6,9,16H,7-8,10-14H2,1-2H3. The molecule has 2 aromatic heterocycles. The van der Waals surface area contributed by atoms with Gasteiger partial charge in [0.15, 0.2) is 17.5 Å². The normalized spacial score (nSPS) is 18.8. The fraction of sp³-hybridized carbons (Fsp3) is 0.440. The highest BCUT2D eigenvalue weighted by molar-refractivity contribution is 6.30. The van der Waals surface area contributed by atoms with E-state index in [-0.39, 0.29) is 29.6 Å². The number of carbonyl (C=O) groups excluding carboxylic acids is 1. The second kappa shape index (κ2) is 8.48. The van der Waals surface area contributed by atoms with Gasteiger partial charge in [-0.05, 0) is 36.6 Å². The van der Waals surface area contributed by atoms with E-state index in [0.29, 0.717) is 31.2 Å². The molecule has 36 heavy (non-hydrogen) atoms. The number of anilines is 1. The maximum Gasteiger partial charge on any atom is 0.236 e. The van der Waals surface area contributed by atoms with E-state index in [4.69, 9.17) is 11.6 Å². The molecule has 188 valence electrons. The monoisotopic (exact) mass is 513 g/mol.